The first kappa shape index (κ1) is 17.1. The largest absolute Gasteiger partial charge is 0.338 e. The van der Waals surface area contributed by atoms with Crippen molar-refractivity contribution in [1.29, 1.82) is 0 Å². The number of aromatic nitrogens is 6. The Bertz CT molecular complexity index is 995. The monoisotopic (exact) mass is 365 g/mol. The zero-order valence-corrected chi connectivity index (χ0v) is 14.9. The Balaban J connectivity index is 1.50. The minimum Gasteiger partial charge on any atom is -0.338 e. The molecule has 3 heterocycles. The van der Waals surface area contributed by atoms with E-state index < -0.39 is 0 Å². The standard InChI is InChI=1S/C18H19N7O2/c1-12-20-16(9-17(26)21-12)14-3-2-8-24(10-14)18(27)13-4-6-15(7-5-13)25-11-19-22-23-25/h4-7,9,11,14H,2-3,8,10H2,1H3,(H,20,21,26)/t14-/m0/s1. The van der Waals surface area contributed by atoms with E-state index in [0.717, 1.165) is 24.2 Å². The zero-order valence-electron chi connectivity index (χ0n) is 14.9. The number of amides is 1. The fourth-order valence-corrected chi connectivity index (χ4v) is 3.43. The van der Waals surface area contributed by atoms with E-state index in [1.54, 1.807) is 19.1 Å². The molecule has 0 aliphatic carbocycles. The summed E-state index contributed by atoms with van der Waals surface area (Å²) in [7, 11) is 0. The van der Waals surface area contributed by atoms with Gasteiger partial charge in [-0.05, 0) is 54.5 Å². The van der Waals surface area contributed by atoms with Crippen molar-refractivity contribution in [2.24, 2.45) is 0 Å². The van der Waals surface area contributed by atoms with E-state index in [0.29, 0.717) is 24.5 Å². The van der Waals surface area contributed by atoms with E-state index in [9.17, 15) is 9.59 Å². The number of aryl methyl sites for hydroxylation is 1. The maximum absolute atomic E-state index is 12.9. The van der Waals surface area contributed by atoms with Crippen molar-refractivity contribution in [3.63, 3.8) is 0 Å². The van der Waals surface area contributed by atoms with Gasteiger partial charge in [0.15, 0.2) is 0 Å². The number of nitrogens with zero attached hydrogens (tertiary/aromatic N) is 6. The highest BCUT2D eigenvalue weighted by Gasteiger charge is 2.26. The van der Waals surface area contributed by atoms with Gasteiger partial charge in [-0.1, -0.05) is 0 Å². The van der Waals surface area contributed by atoms with Crippen molar-refractivity contribution in [3.8, 4) is 5.69 Å². The second kappa shape index (κ2) is 7.10. The van der Waals surface area contributed by atoms with Crippen LogP contribution in [-0.2, 0) is 0 Å². The molecule has 4 rings (SSSR count). The van der Waals surface area contributed by atoms with Crippen LogP contribution in [-0.4, -0.2) is 54.1 Å². The Morgan fingerprint density at radius 2 is 2.07 bits per heavy atom. The van der Waals surface area contributed by atoms with Crippen LogP contribution in [0.1, 0.15) is 40.6 Å². The van der Waals surface area contributed by atoms with Crippen molar-refractivity contribution in [2.75, 3.05) is 13.1 Å². The van der Waals surface area contributed by atoms with Crippen molar-refractivity contribution >= 4 is 5.91 Å². The van der Waals surface area contributed by atoms with E-state index in [2.05, 4.69) is 25.5 Å². The molecule has 9 nitrogen and oxygen atoms in total. The van der Waals surface area contributed by atoms with Crippen LogP contribution in [0.25, 0.3) is 5.69 Å². The van der Waals surface area contributed by atoms with Gasteiger partial charge in [-0.15, -0.1) is 5.10 Å². The molecular weight excluding hydrogens is 346 g/mol. The number of hydrogen-bond acceptors (Lipinski definition) is 6. The van der Waals surface area contributed by atoms with Gasteiger partial charge in [0.1, 0.15) is 12.2 Å². The van der Waals surface area contributed by atoms with Crippen molar-refractivity contribution in [1.82, 2.24) is 35.1 Å². The quantitative estimate of drug-likeness (QED) is 0.744. The summed E-state index contributed by atoms with van der Waals surface area (Å²) in [6.45, 7) is 3.03. The normalized spacial score (nSPS) is 17.1. The van der Waals surface area contributed by atoms with Gasteiger partial charge in [0.2, 0.25) is 0 Å². The first-order valence-electron chi connectivity index (χ1n) is 8.81. The minimum absolute atomic E-state index is 0.0236. The summed E-state index contributed by atoms with van der Waals surface area (Å²) in [5.41, 5.74) is 2.00. The molecule has 2 aromatic heterocycles. The first-order valence-corrected chi connectivity index (χ1v) is 8.81. The predicted octanol–water partition coefficient (Wildman–Crippen LogP) is 1.07. The van der Waals surface area contributed by atoms with Crippen LogP contribution < -0.4 is 5.56 Å². The van der Waals surface area contributed by atoms with Gasteiger partial charge < -0.3 is 9.88 Å². The molecule has 0 spiro atoms. The van der Waals surface area contributed by atoms with Crippen LogP contribution in [0.2, 0.25) is 0 Å². The average molecular weight is 365 g/mol. The van der Waals surface area contributed by atoms with Crippen molar-refractivity contribution in [2.45, 2.75) is 25.7 Å². The van der Waals surface area contributed by atoms with Gasteiger partial charge in [0.05, 0.1) is 11.4 Å². The van der Waals surface area contributed by atoms with Gasteiger partial charge in [-0.2, -0.15) is 0 Å². The molecule has 0 bridgehead atoms. The fourth-order valence-electron chi connectivity index (χ4n) is 3.43. The highest BCUT2D eigenvalue weighted by Crippen LogP contribution is 2.26. The number of hydrogen-bond donors (Lipinski definition) is 1. The van der Waals surface area contributed by atoms with Crippen LogP contribution in [0.15, 0.2) is 41.5 Å². The van der Waals surface area contributed by atoms with Gasteiger partial charge in [0, 0.05) is 30.6 Å². The minimum atomic E-state index is -0.154. The lowest BCUT2D eigenvalue weighted by molar-refractivity contribution is 0.0706. The van der Waals surface area contributed by atoms with Gasteiger partial charge in [0.25, 0.3) is 11.5 Å². The molecule has 1 fully saturated rings. The molecule has 1 saturated heterocycles. The number of benzene rings is 1. The average Bonchev–Trinajstić information content (AvgIpc) is 3.22. The van der Waals surface area contributed by atoms with E-state index in [1.807, 2.05) is 17.0 Å². The lowest BCUT2D eigenvalue weighted by Gasteiger charge is -2.32. The third kappa shape index (κ3) is 3.62. The molecule has 1 aliphatic heterocycles. The molecule has 1 aliphatic rings. The highest BCUT2D eigenvalue weighted by atomic mass is 16.2. The fraction of sp³-hybridized carbons (Fsp3) is 0.333. The molecule has 0 radical (unpaired) electrons. The lowest BCUT2D eigenvalue weighted by atomic mass is 9.94. The van der Waals surface area contributed by atoms with Crippen LogP contribution in [0.4, 0.5) is 0 Å². The predicted molar refractivity (Wildman–Crippen MR) is 96.6 cm³/mol. The molecule has 1 atom stereocenters. The smallest absolute Gasteiger partial charge is 0.253 e. The maximum Gasteiger partial charge on any atom is 0.253 e. The Labute approximate surface area is 155 Å². The topological polar surface area (TPSA) is 110 Å². The number of tetrazole rings is 1. The number of aromatic amines is 1. The summed E-state index contributed by atoms with van der Waals surface area (Å²) in [4.78, 5) is 33.6. The Morgan fingerprint density at radius 1 is 1.26 bits per heavy atom. The van der Waals surface area contributed by atoms with E-state index in [1.165, 1.54) is 17.1 Å². The van der Waals surface area contributed by atoms with Crippen molar-refractivity contribution < 1.29 is 4.79 Å². The summed E-state index contributed by atoms with van der Waals surface area (Å²) < 4.78 is 1.53. The number of likely N-dealkylation sites (tertiary alicyclic amines) is 1. The van der Waals surface area contributed by atoms with Crippen LogP contribution in [0.5, 0.6) is 0 Å². The Kier molecular flexibility index (Phi) is 4.49. The first-order chi connectivity index (χ1) is 13.1. The van der Waals surface area contributed by atoms with E-state index in [4.69, 9.17) is 0 Å². The lowest BCUT2D eigenvalue weighted by Crippen LogP contribution is -2.39. The van der Waals surface area contributed by atoms with Gasteiger partial charge in [-0.3, -0.25) is 9.59 Å². The number of piperidine rings is 1. The molecule has 3 aromatic rings. The molecule has 1 amide bonds. The highest BCUT2D eigenvalue weighted by molar-refractivity contribution is 5.94. The molecule has 1 N–H and O–H groups in total. The summed E-state index contributed by atoms with van der Waals surface area (Å²) >= 11 is 0. The van der Waals surface area contributed by atoms with E-state index >= 15 is 0 Å². The third-order valence-corrected chi connectivity index (χ3v) is 4.73. The number of rotatable bonds is 3. The second-order valence-electron chi connectivity index (χ2n) is 6.65. The molecule has 9 heteroatoms. The second-order valence-corrected chi connectivity index (χ2v) is 6.65. The third-order valence-electron chi connectivity index (χ3n) is 4.73. The summed E-state index contributed by atoms with van der Waals surface area (Å²) in [5.74, 6) is 0.646. The molecular formula is C18H19N7O2. The molecule has 138 valence electrons. The molecule has 27 heavy (non-hydrogen) atoms. The summed E-state index contributed by atoms with van der Waals surface area (Å²) in [5, 5.41) is 11.0. The Hall–Kier alpha value is -3.36. The van der Waals surface area contributed by atoms with Crippen molar-refractivity contribution in [3.05, 3.63) is 64.1 Å². The van der Waals surface area contributed by atoms with E-state index in [-0.39, 0.29) is 17.4 Å². The Morgan fingerprint density at radius 3 is 2.78 bits per heavy atom. The number of H-pyrrole nitrogens is 1. The summed E-state index contributed by atoms with van der Waals surface area (Å²) in [6, 6.07) is 8.71. The molecule has 1 aromatic carbocycles. The van der Waals surface area contributed by atoms with Crippen LogP contribution in [0, 0.1) is 6.92 Å². The zero-order chi connectivity index (χ0) is 18.8. The maximum atomic E-state index is 12.9. The molecule has 0 unspecified atom stereocenters. The molecule has 0 saturated carbocycles. The van der Waals surface area contributed by atoms with Gasteiger partial charge in [-0.25, -0.2) is 9.67 Å². The summed E-state index contributed by atoms with van der Waals surface area (Å²) in [6.07, 6.45) is 3.30. The van der Waals surface area contributed by atoms with Crippen LogP contribution in [0.3, 0.4) is 0 Å². The van der Waals surface area contributed by atoms with Gasteiger partial charge >= 0.3 is 0 Å². The number of carbonyl (C=O) groups is 1. The number of nitrogens with one attached hydrogen (secondary N) is 1. The number of carbonyl (C=O) groups excluding carboxylic acids is 1. The SMILES string of the molecule is Cc1nc([C@H]2CCCN(C(=O)c3ccc(-n4cnnn4)cc3)C2)cc(=O)[nH]1. The van der Waals surface area contributed by atoms with Crippen LogP contribution >= 0.6 is 0 Å².